The van der Waals surface area contributed by atoms with Crippen LogP contribution in [0.5, 0.6) is 0 Å². The van der Waals surface area contributed by atoms with E-state index in [2.05, 4.69) is 12.6 Å². The van der Waals surface area contributed by atoms with Crippen LogP contribution in [0, 0.1) is 0 Å². The molecule has 1 rings (SSSR count). The van der Waals surface area contributed by atoms with E-state index in [9.17, 15) is 15.0 Å². The monoisotopic (exact) mass is 380 g/mol. The zero-order chi connectivity index (χ0) is 19.6. The second kappa shape index (κ2) is 8.54. The molecule has 2 N–H and O–H groups in total. The Morgan fingerprint density at radius 1 is 1.20 bits per heavy atom. The maximum Gasteiger partial charge on any atom is 0.338 e. The molecule has 1 saturated heterocycles. The van der Waals surface area contributed by atoms with Crippen LogP contribution < -0.4 is 0 Å². The van der Waals surface area contributed by atoms with E-state index < -0.39 is 47.0 Å². The van der Waals surface area contributed by atoms with Gasteiger partial charge in [0.2, 0.25) is 0 Å². The number of ether oxygens (including phenoxy) is 4. The Balaban J connectivity index is 3.15. The number of aliphatic hydroxyl groups is 2. The number of hydrogen-bond acceptors (Lipinski definition) is 8. The van der Waals surface area contributed by atoms with Crippen molar-refractivity contribution >= 4 is 18.6 Å². The van der Waals surface area contributed by atoms with Gasteiger partial charge in [0.25, 0.3) is 0 Å². The molecule has 0 amide bonds. The molecular formula is C17H32O7S. The van der Waals surface area contributed by atoms with Crippen LogP contribution in [0.3, 0.4) is 0 Å². The lowest BCUT2D eigenvalue weighted by molar-refractivity contribution is -0.284. The Morgan fingerprint density at radius 3 is 2.20 bits per heavy atom. The molecule has 0 bridgehead atoms. The Labute approximate surface area is 155 Å². The lowest BCUT2D eigenvalue weighted by atomic mass is 9.86. The van der Waals surface area contributed by atoms with Gasteiger partial charge in [-0.1, -0.05) is 0 Å². The standard InChI is InChI=1S/C17H32O7S/c1-8-21-15(20)13-12(24-17(6,7)25)10(18)11(19)14(22-13)16(4,5)23-9(2)3/h9-14,18-19,25H,8H2,1-7H3/t10-,11+,12+,13?,14-/m1/s1. The van der Waals surface area contributed by atoms with Crippen molar-refractivity contribution in [3.63, 3.8) is 0 Å². The van der Waals surface area contributed by atoms with Crippen molar-refractivity contribution in [3.8, 4) is 0 Å². The van der Waals surface area contributed by atoms with Gasteiger partial charge in [-0.25, -0.2) is 4.79 Å². The lowest BCUT2D eigenvalue weighted by Crippen LogP contribution is -2.66. The molecule has 0 aromatic heterocycles. The molecule has 1 aliphatic rings. The molecule has 0 radical (unpaired) electrons. The van der Waals surface area contributed by atoms with Gasteiger partial charge in [-0.05, 0) is 48.5 Å². The molecular weight excluding hydrogens is 348 g/mol. The molecule has 0 aromatic rings. The first kappa shape index (κ1) is 22.7. The summed E-state index contributed by atoms with van der Waals surface area (Å²) in [4.78, 5) is 11.4. The number of carbonyl (C=O) groups is 1. The highest BCUT2D eigenvalue weighted by molar-refractivity contribution is 7.81. The first-order chi connectivity index (χ1) is 11.3. The summed E-state index contributed by atoms with van der Waals surface area (Å²) in [6, 6.07) is 0. The summed E-state index contributed by atoms with van der Waals surface area (Å²) < 4.78 is 22.4. The van der Waals surface area contributed by atoms with Crippen LogP contribution in [0.2, 0.25) is 0 Å². The van der Waals surface area contributed by atoms with Crippen molar-refractivity contribution in [2.45, 2.75) is 95.6 Å². The molecule has 0 spiro atoms. The number of rotatable bonds is 7. The quantitative estimate of drug-likeness (QED) is 0.348. The van der Waals surface area contributed by atoms with E-state index in [1.165, 1.54) is 0 Å². The van der Waals surface area contributed by atoms with Crippen LogP contribution in [-0.4, -0.2) is 69.9 Å². The minimum atomic E-state index is -1.37. The van der Waals surface area contributed by atoms with Crippen LogP contribution in [-0.2, 0) is 23.7 Å². The Kier molecular flexibility index (Phi) is 7.74. The second-order valence-electron chi connectivity index (χ2n) is 7.51. The summed E-state index contributed by atoms with van der Waals surface area (Å²) in [5, 5.41) is 21.2. The third kappa shape index (κ3) is 6.08. The van der Waals surface area contributed by atoms with Gasteiger partial charge in [-0.3, -0.25) is 0 Å². The molecule has 148 valence electrons. The number of hydrogen-bond donors (Lipinski definition) is 3. The van der Waals surface area contributed by atoms with Gasteiger partial charge in [-0.2, -0.15) is 0 Å². The highest BCUT2D eigenvalue weighted by atomic mass is 32.1. The van der Waals surface area contributed by atoms with Crippen LogP contribution in [0.15, 0.2) is 0 Å². The number of esters is 1. The van der Waals surface area contributed by atoms with Crippen LogP contribution in [0.25, 0.3) is 0 Å². The van der Waals surface area contributed by atoms with Gasteiger partial charge >= 0.3 is 5.97 Å². The summed E-state index contributed by atoms with van der Waals surface area (Å²) in [5.41, 5.74) is -0.944. The fraction of sp³-hybridized carbons (Fsp3) is 0.941. The lowest BCUT2D eigenvalue weighted by Gasteiger charge is -2.48. The zero-order valence-corrected chi connectivity index (χ0v) is 16.9. The van der Waals surface area contributed by atoms with Gasteiger partial charge in [-0.15, -0.1) is 12.6 Å². The van der Waals surface area contributed by atoms with E-state index in [4.69, 9.17) is 18.9 Å². The Bertz CT molecular complexity index is 447. The SMILES string of the molecule is CCOC(=O)C1O[C@@H](C(C)(C)OC(C)C)[C@@H](O)[C@@H](O)[C@@H]1OC(C)(C)S. The van der Waals surface area contributed by atoms with E-state index in [0.717, 1.165) is 0 Å². The van der Waals surface area contributed by atoms with Crippen molar-refractivity contribution in [1.29, 1.82) is 0 Å². The fourth-order valence-corrected chi connectivity index (χ4v) is 3.12. The topological polar surface area (TPSA) is 94.5 Å². The average molecular weight is 381 g/mol. The average Bonchev–Trinajstić information content (AvgIpc) is 2.41. The van der Waals surface area contributed by atoms with Crippen molar-refractivity contribution in [1.82, 2.24) is 0 Å². The smallest absolute Gasteiger partial charge is 0.338 e. The van der Waals surface area contributed by atoms with Crippen molar-refractivity contribution in [2.24, 2.45) is 0 Å². The Hall–Kier alpha value is -0.380. The largest absolute Gasteiger partial charge is 0.464 e. The molecule has 1 unspecified atom stereocenters. The molecule has 0 aromatic carbocycles. The van der Waals surface area contributed by atoms with E-state index in [1.54, 1.807) is 34.6 Å². The maximum atomic E-state index is 12.4. The minimum Gasteiger partial charge on any atom is -0.464 e. The van der Waals surface area contributed by atoms with E-state index in [-0.39, 0.29) is 12.7 Å². The molecule has 25 heavy (non-hydrogen) atoms. The second-order valence-corrected chi connectivity index (χ2v) is 8.59. The first-order valence-corrected chi connectivity index (χ1v) is 9.01. The predicted octanol–water partition coefficient (Wildman–Crippen LogP) is 1.29. The van der Waals surface area contributed by atoms with Crippen molar-refractivity contribution in [2.75, 3.05) is 6.61 Å². The molecule has 1 fully saturated rings. The summed E-state index contributed by atoms with van der Waals surface area (Å²) in [6.07, 6.45) is -6.07. The van der Waals surface area contributed by atoms with Crippen molar-refractivity contribution < 1.29 is 34.0 Å². The summed E-state index contributed by atoms with van der Waals surface area (Å²) in [5.74, 6) is -0.665. The van der Waals surface area contributed by atoms with Crippen LogP contribution >= 0.6 is 12.6 Å². The molecule has 0 saturated carbocycles. The highest BCUT2D eigenvalue weighted by Gasteiger charge is 2.54. The maximum absolute atomic E-state index is 12.4. The third-order valence-corrected chi connectivity index (χ3v) is 3.86. The number of carbonyl (C=O) groups excluding carboxylic acids is 1. The first-order valence-electron chi connectivity index (χ1n) is 8.56. The number of thiol groups is 1. The third-order valence-electron chi connectivity index (χ3n) is 3.76. The van der Waals surface area contributed by atoms with E-state index >= 15 is 0 Å². The summed E-state index contributed by atoms with van der Waals surface area (Å²) in [6.45, 7) is 12.3. The van der Waals surface area contributed by atoms with Gasteiger partial charge < -0.3 is 29.2 Å². The molecule has 5 atom stereocenters. The minimum absolute atomic E-state index is 0.130. The zero-order valence-electron chi connectivity index (χ0n) is 16.1. The molecule has 8 heteroatoms. The molecule has 0 aliphatic carbocycles. The van der Waals surface area contributed by atoms with Gasteiger partial charge in [0, 0.05) is 0 Å². The molecule has 7 nitrogen and oxygen atoms in total. The Morgan fingerprint density at radius 2 is 1.76 bits per heavy atom. The van der Waals surface area contributed by atoms with Gasteiger partial charge in [0.05, 0.1) is 18.3 Å². The van der Waals surface area contributed by atoms with E-state index in [1.807, 2.05) is 13.8 Å². The fourth-order valence-electron chi connectivity index (χ4n) is 3.00. The van der Waals surface area contributed by atoms with E-state index in [0.29, 0.717) is 0 Å². The molecule has 1 aliphatic heterocycles. The summed E-state index contributed by atoms with van der Waals surface area (Å²) >= 11 is 4.27. The summed E-state index contributed by atoms with van der Waals surface area (Å²) in [7, 11) is 0. The highest BCUT2D eigenvalue weighted by Crippen LogP contribution is 2.35. The van der Waals surface area contributed by atoms with Crippen LogP contribution in [0.4, 0.5) is 0 Å². The van der Waals surface area contributed by atoms with Gasteiger partial charge in [0.15, 0.2) is 6.10 Å². The van der Waals surface area contributed by atoms with Gasteiger partial charge in [0.1, 0.15) is 29.3 Å². The predicted molar refractivity (Wildman–Crippen MR) is 95.5 cm³/mol. The molecule has 1 heterocycles. The van der Waals surface area contributed by atoms with Crippen LogP contribution in [0.1, 0.15) is 48.5 Å². The number of aliphatic hydroxyl groups excluding tert-OH is 2. The normalized spacial score (nSPS) is 31.2. The van der Waals surface area contributed by atoms with Crippen molar-refractivity contribution in [3.05, 3.63) is 0 Å².